The highest BCUT2D eigenvalue weighted by Gasteiger charge is 2.10. The van der Waals surface area contributed by atoms with Gasteiger partial charge in [0.15, 0.2) is 0 Å². The van der Waals surface area contributed by atoms with Crippen LogP contribution in [-0.2, 0) is 0 Å². The van der Waals surface area contributed by atoms with E-state index in [-0.39, 0.29) is 5.82 Å². The van der Waals surface area contributed by atoms with Gasteiger partial charge in [-0.25, -0.2) is 4.39 Å². The SMILES string of the molecule is COc1cc(F)ccc1NCCC(C)(C)C. The fourth-order valence-corrected chi connectivity index (χ4v) is 1.38. The van der Waals surface area contributed by atoms with Gasteiger partial charge in [-0.3, -0.25) is 0 Å². The summed E-state index contributed by atoms with van der Waals surface area (Å²) in [7, 11) is 1.55. The van der Waals surface area contributed by atoms with Crippen LogP contribution < -0.4 is 10.1 Å². The normalized spacial score (nSPS) is 11.3. The summed E-state index contributed by atoms with van der Waals surface area (Å²) in [6.07, 6.45) is 1.05. The highest BCUT2D eigenvalue weighted by molar-refractivity contribution is 5.56. The van der Waals surface area contributed by atoms with Gasteiger partial charge in [0, 0.05) is 12.6 Å². The van der Waals surface area contributed by atoms with Crippen molar-refractivity contribution in [2.24, 2.45) is 5.41 Å². The van der Waals surface area contributed by atoms with Gasteiger partial charge in [0.25, 0.3) is 0 Å². The van der Waals surface area contributed by atoms with Gasteiger partial charge < -0.3 is 10.1 Å². The van der Waals surface area contributed by atoms with Crippen molar-refractivity contribution in [2.45, 2.75) is 27.2 Å². The fourth-order valence-electron chi connectivity index (χ4n) is 1.38. The summed E-state index contributed by atoms with van der Waals surface area (Å²) in [5.74, 6) is 0.270. The van der Waals surface area contributed by atoms with E-state index in [1.54, 1.807) is 13.2 Å². The van der Waals surface area contributed by atoms with E-state index < -0.39 is 0 Å². The quantitative estimate of drug-likeness (QED) is 0.844. The molecule has 0 aromatic heterocycles. The van der Waals surface area contributed by atoms with Gasteiger partial charge in [-0.05, 0) is 24.0 Å². The third kappa shape index (κ3) is 4.09. The number of ether oxygens (including phenoxy) is 1. The molecule has 0 radical (unpaired) electrons. The molecule has 1 aromatic rings. The van der Waals surface area contributed by atoms with Crippen LogP contribution in [0.5, 0.6) is 5.75 Å². The molecule has 0 spiro atoms. The monoisotopic (exact) mass is 225 g/mol. The third-order valence-electron chi connectivity index (χ3n) is 2.35. The molecule has 0 amide bonds. The maximum absolute atomic E-state index is 12.9. The Hall–Kier alpha value is -1.25. The first-order chi connectivity index (χ1) is 7.42. The van der Waals surface area contributed by atoms with Crippen LogP contribution in [-0.4, -0.2) is 13.7 Å². The van der Waals surface area contributed by atoms with Crippen LogP contribution in [0, 0.1) is 11.2 Å². The maximum Gasteiger partial charge on any atom is 0.144 e. The zero-order valence-electron chi connectivity index (χ0n) is 10.4. The first kappa shape index (κ1) is 12.8. The Morgan fingerprint density at radius 1 is 1.31 bits per heavy atom. The number of anilines is 1. The van der Waals surface area contributed by atoms with Crippen molar-refractivity contribution in [3.05, 3.63) is 24.0 Å². The van der Waals surface area contributed by atoms with Gasteiger partial charge in [0.2, 0.25) is 0 Å². The predicted molar refractivity (Wildman–Crippen MR) is 65.5 cm³/mol. The highest BCUT2D eigenvalue weighted by Crippen LogP contribution is 2.26. The Morgan fingerprint density at radius 3 is 2.56 bits per heavy atom. The molecule has 3 heteroatoms. The lowest BCUT2D eigenvalue weighted by atomic mass is 9.92. The third-order valence-corrected chi connectivity index (χ3v) is 2.35. The molecule has 0 unspecified atom stereocenters. The molecule has 1 N–H and O–H groups in total. The van der Waals surface area contributed by atoms with Gasteiger partial charge >= 0.3 is 0 Å². The van der Waals surface area contributed by atoms with E-state index in [0.717, 1.165) is 18.7 Å². The van der Waals surface area contributed by atoms with Gasteiger partial charge in [0.05, 0.1) is 12.8 Å². The first-order valence-corrected chi connectivity index (χ1v) is 5.50. The Morgan fingerprint density at radius 2 is 2.00 bits per heavy atom. The lowest BCUT2D eigenvalue weighted by Crippen LogP contribution is -2.13. The van der Waals surface area contributed by atoms with Crippen molar-refractivity contribution in [1.82, 2.24) is 0 Å². The average Bonchev–Trinajstić information content (AvgIpc) is 2.18. The molecule has 0 heterocycles. The summed E-state index contributed by atoms with van der Waals surface area (Å²) in [5.41, 5.74) is 1.13. The molecule has 0 aliphatic carbocycles. The van der Waals surface area contributed by atoms with Crippen LogP contribution in [0.15, 0.2) is 18.2 Å². The smallest absolute Gasteiger partial charge is 0.144 e. The molecule has 1 rings (SSSR count). The first-order valence-electron chi connectivity index (χ1n) is 5.50. The number of methoxy groups -OCH3 is 1. The van der Waals surface area contributed by atoms with E-state index in [9.17, 15) is 4.39 Å². The van der Waals surface area contributed by atoms with Gasteiger partial charge in [-0.1, -0.05) is 20.8 Å². The van der Waals surface area contributed by atoms with Gasteiger partial charge in [-0.15, -0.1) is 0 Å². The maximum atomic E-state index is 12.9. The van der Waals surface area contributed by atoms with Crippen LogP contribution in [0.4, 0.5) is 10.1 Å². The largest absolute Gasteiger partial charge is 0.494 e. The fraction of sp³-hybridized carbons (Fsp3) is 0.538. The van der Waals surface area contributed by atoms with E-state index in [2.05, 4.69) is 26.1 Å². The molecule has 2 nitrogen and oxygen atoms in total. The standard InChI is InChI=1S/C13H20FNO/c1-13(2,3)7-8-15-11-6-5-10(14)9-12(11)16-4/h5-6,9,15H,7-8H2,1-4H3. The summed E-state index contributed by atoms with van der Waals surface area (Å²) in [5, 5.41) is 3.26. The lowest BCUT2D eigenvalue weighted by Gasteiger charge is -2.19. The van der Waals surface area contributed by atoms with Crippen LogP contribution in [0.3, 0.4) is 0 Å². The van der Waals surface area contributed by atoms with Crippen molar-refractivity contribution in [2.75, 3.05) is 19.0 Å². The van der Waals surface area contributed by atoms with Crippen molar-refractivity contribution in [3.8, 4) is 5.75 Å². The minimum atomic E-state index is -0.279. The second kappa shape index (κ2) is 5.19. The Bertz CT molecular complexity index is 344. The highest BCUT2D eigenvalue weighted by atomic mass is 19.1. The van der Waals surface area contributed by atoms with E-state index in [4.69, 9.17) is 4.74 Å². The molecule has 0 aliphatic heterocycles. The zero-order chi connectivity index (χ0) is 12.2. The van der Waals surface area contributed by atoms with Gasteiger partial charge in [-0.2, -0.15) is 0 Å². The second-order valence-corrected chi connectivity index (χ2v) is 5.08. The van der Waals surface area contributed by atoms with Crippen molar-refractivity contribution >= 4 is 5.69 Å². The lowest BCUT2D eigenvalue weighted by molar-refractivity contribution is 0.388. The molecular weight excluding hydrogens is 205 g/mol. The molecule has 1 aromatic carbocycles. The molecule has 0 saturated heterocycles. The minimum Gasteiger partial charge on any atom is -0.494 e. The number of hydrogen-bond donors (Lipinski definition) is 1. The van der Waals surface area contributed by atoms with Crippen LogP contribution in [0.2, 0.25) is 0 Å². The van der Waals surface area contributed by atoms with E-state index in [0.29, 0.717) is 11.2 Å². The zero-order valence-corrected chi connectivity index (χ0v) is 10.4. The van der Waals surface area contributed by atoms with Gasteiger partial charge in [0.1, 0.15) is 11.6 Å². The molecule has 0 fully saturated rings. The minimum absolute atomic E-state index is 0.279. The molecule has 90 valence electrons. The molecular formula is C13H20FNO. The average molecular weight is 225 g/mol. The summed E-state index contributed by atoms with van der Waals surface area (Å²) in [4.78, 5) is 0. The van der Waals surface area contributed by atoms with Crippen molar-refractivity contribution in [3.63, 3.8) is 0 Å². The summed E-state index contributed by atoms with van der Waals surface area (Å²) < 4.78 is 18.0. The Labute approximate surface area is 96.8 Å². The molecule has 16 heavy (non-hydrogen) atoms. The van der Waals surface area contributed by atoms with Crippen molar-refractivity contribution < 1.29 is 9.13 Å². The number of halogens is 1. The molecule has 0 saturated carbocycles. The summed E-state index contributed by atoms with van der Waals surface area (Å²) >= 11 is 0. The van der Waals surface area contributed by atoms with Crippen LogP contribution >= 0.6 is 0 Å². The van der Waals surface area contributed by atoms with Crippen molar-refractivity contribution in [1.29, 1.82) is 0 Å². The molecule has 0 bridgehead atoms. The van der Waals surface area contributed by atoms with E-state index >= 15 is 0 Å². The number of nitrogens with one attached hydrogen (secondary N) is 1. The second-order valence-electron chi connectivity index (χ2n) is 5.08. The molecule has 0 atom stereocenters. The summed E-state index contributed by atoms with van der Waals surface area (Å²) in [6.45, 7) is 7.43. The topological polar surface area (TPSA) is 21.3 Å². The number of benzene rings is 1. The summed E-state index contributed by atoms with van der Waals surface area (Å²) in [6, 6.07) is 4.53. The van der Waals surface area contributed by atoms with E-state index in [1.165, 1.54) is 12.1 Å². The number of rotatable bonds is 4. The predicted octanol–water partition coefficient (Wildman–Crippen LogP) is 3.68. The molecule has 0 aliphatic rings. The van der Waals surface area contributed by atoms with E-state index in [1.807, 2.05) is 0 Å². The Balaban J connectivity index is 2.60. The van der Waals surface area contributed by atoms with Crippen LogP contribution in [0.1, 0.15) is 27.2 Å². The Kier molecular flexibility index (Phi) is 4.16. The van der Waals surface area contributed by atoms with Crippen LogP contribution in [0.25, 0.3) is 0 Å². The number of hydrogen-bond acceptors (Lipinski definition) is 2.